The van der Waals surface area contributed by atoms with Crippen LogP contribution in [0.1, 0.15) is 34.6 Å². The lowest BCUT2D eigenvalue weighted by molar-refractivity contribution is -0.118. The number of methoxy groups -OCH3 is 1. The van der Waals surface area contributed by atoms with Crippen molar-refractivity contribution < 1.29 is 18.8 Å². The van der Waals surface area contributed by atoms with Crippen LogP contribution in [0.25, 0.3) is 0 Å². The molecule has 0 N–H and O–H groups in total. The van der Waals surface area contributed by atoms with Gasteiger partial charge in [0, 0.05) is 12.2 Å². The predicted octanol–water partition coefficient (Wildman–Crippen LogP) is 4.40. The first-order valence-electron chi connectivity index (χ1n) is 10.2. The molecule has 3 aromatic rings. The Hall–Kier alpha value is -3.28. The van der Waals surface area contributed by atoms with Gasteiger partial charge in [0.25, 0.3) is 0 Å². The maximum Gasteiger partial charge on any atom is 0.231 e. The topological polar surface area (TPSA) is 64.8 Å². The van der Waals surface area contributed by atoms with Gasteiger partial charge in [-0.05, 0) is 68.1 Å². The lowest BCUT2D eigenvalue weighted by atomic mass is 10.0. The maximum absolute atomic E-state index is 13.0. The third kappa shape index (κ3) is 4.17. The molecule has 0 spiro atoms. The van der Waals surface area contributed by atoms with Crippen molar-refractivity contribution >= 4 is 11.6 Å². The van der Waals surface area contributed by atoms with Crippen LogP contribution in [-0.2, 0) is 24.2 Å². The van der Waals surface area contributed by atoms with E-state index in [0.717, 1.165) is 64.7 Å². The van der Waals surface area contributed by atoms with Crippen molar-refractivity contribution in [2.24, 2.45) is 0 Å². The van der Waals surface area contributed by atoms with Gasteiger partial charge in [-0.3, -0.25) is 4.79 Å². The Morgan fingerprint density at radius 3 is 2.60 bits per heavy atom. The molecule has 1 aliphatic heterocycles. The molecule has 0 fully saturated rings. The summed E-state index contributed by atoms with van der Waals surface area (Å²) in [5.74, 6) is 2.46. The highest BCUT2D eigenvalue weighted by Gasteiger charge is 2.23. The molecule has 1 aromatic heterocycles. The van der Waals surface area contributed by atoms with E-state index < -0.39 is 0 Å². The first-order valence-corrected chi connectivity index (χ1v) is 10.2. The molecule has 4 rings (SSSR count). The number of anilines is 1. The van der Waals surface area contributed by atoms with Gasteiger partial charge in [-0.2, -0.15) is 0 Å². The molecule has 0 aliphatic carbocycles. The molecule has 1 aliphatic rings. The SMILES string of the molecule is COc1ccc2c(c1)CCCN2C(=O)Cc1ccc(OCc2c(C)noc2C)cc1. The highest BCUT2D eigenvalue weighted by Crippen LogP contribution is 2.31. The Balaban J connectivity index is 1.40. The highest BCUT2D eigenvalue weighted by atomic mass is 16.5. The first-order chi connectivity index (χ1) is 14.5. The Morgan fingerprint density at radius 2 is 1.90 bits per heavy atom. The Kier molecular flexibility index (Phi) is 5.74. The number of aromatic nitrogens is 1. The predicted molar refractivity (Wildman–Crippen MR) is 114 cm³/mol. The number of amides is 1. The quantitative estimate of drug-likeness (QED) is 0.607. The smallest absolute Gasteiger partial charge is 0.231 e. The van der Waals surface area contributed by atoms with Crippen LogP contribution in [0, 0.1) is 13.8 Å². The summed E-state index contributed by atoms with van der Waals surface area (Å²) in [6.45, 7) is 4.94. The van der Waals surface area contributed by atoms with Crippen molar-refractivity contribution in [2.45, 2.75) is 39.7 Å². The Morgan fingerprint density at radius 1 is 1.13 bits per heavy atom. The summed E-state index contributed by atoms with van der Waals surface area (Å²) >= 11 is 0. The van der Waals surface area contributed by atoms with E-state index in [9.17, 15) is 4.79 Å². The minimum atomic E-state index is 0.102. The monoisotopic (exact) mass is 406 g/mol. The van der Waals surface area contributed by atoms with E-state index in [1.165, 1.54) is 0 Å². The number of fused-ring (bicyclic) bond motifs is 1. The van der Waals surface area contributed by atoms with E-state index >= 15 is 0 Å². The van der Waals surface area contributed by atoms with Crippen LogP contribution in [0.3, 0.4) is 0 Å². The molecule has 2 heterocycles. The average molecular weight is 406 g/mol. The van der Waals surface area contributed by atoms with Gasteiger partial charge in [-0.15, -0.1) is 0 Å². The number of hydrogen-bond acceptors (Lipinski definition) is 5. The minimum absolute atomic E-state index is 0.102. The molecule has 6 heteroatoms. The summed E-state index contributed by atoms with van der Waals surface area (Å²) in [5, 5.41) is 3.94. The van der Waals surface area contributed by atoms with E-state index in [0.29, 0.717) is 13.0 Å². The van der Waals surface area contributed by atoms with E-state index in [1.54, 1.807) is 7.11 Å². The van der Waals surface area contributed by atoms with Crippen molar-refractivity contribution in [3.63, 3.8) is 0 Å². The lowest BCUT2D eigenvalue weighted by Gasteiger charge is -2.30. The van der Waals surface area contributed by atoms with Crippen LogP contribution in [0.5, 0.6) is 11.5 Å². The number of hydrogen-bond donors (Lipinski definition) is 0. The molecule has 2 aromatic carbocycles. The molecular weight excluding hydrogens is 380 g/mol. The van der Waals surface area contributed by atoms with Crippen molar-refractivity contribution in [1.82, 2.24) is 5.16 Å². The largest absolute Gasteiger partial charge is 0.497 e. The van der Waals surface area contributed by atoms with E-state index in [-0.39, 0.29) is 5.91 Å². The fourth-order valence-corrected chi connectivity index (χ4v) is 3.80. The molecule has 0 bridgehead atoms. The third-order valence-electron chi connectivity index (χ3n) is 5.55. The summed E-state index contributed by atoms with van der Waals surface area (Å²) in [6, 6.07) is 13.6. The Bertz CT molecular complexity index is 1020. The van der Waals surface area contributed by atoms with Gasteiger partial charge in [0.2, 0.25) is 5.91 Å². The number of aryl methyl sites for hydroxylation is 3. The van der Waals surface area contributed by atoms with Crippen molar-refractivity contribution in [3.05, 3.63) is 70.6 Å². The van der Waals surface area contributed by atoms with Crippen LogP contribution >= 0.6 is 0 Å². The summed E-state index contributed by atoms with van der Waals surface area (Å²) in [7, 11) is 1.66. The fourth-order valence-electron chi connectivity index (χ4n) is 3.80. The third-order valence-corrected chi connectivity index (χ3v) is 5.55. The number of rotatable bonds is 6. The van der Waals surface area contributed by atoms with Crippen molar-refractivity contribution in [3.8, 4) is 11.5 Å². The molecule has 156 valence electrons. The van der Waals surface area contributed by atoms with Gasteiger partial charge in [0.05, 0.1) is 24.8 Å². The highest BCUT2D eigenvalue weighted by molar-refractivity contribution is 5.96. The second kappa shape index (κ2) is 8.61. The molecule has 6 nitrogen and oxygen atoms in total. The lowest BCUT2D eigenvalue weighted by Crippen LogP contribution is -2.36. The van der Waals surface area contributed by atoms with E-state index in [1.807, 2.05) is 61.2 Å². The van der Waals surface area contributed by atoms with Crippen molar-refractivity contribution in [2.75, 3.05) is 18.6 Å². The van der Waals surface area contributed by atoms with Gasteiger partial charge in [0.1, 0.15) is 23.9 Å². The number of carbonyl (C=O) groups excluding carboxylic acids is 1. The normalized spacial score (nSPS) is 13.1. The Labute approximate surface area is 176 Å². The van der Waals surface area contributed by atoms with Gasteiger partial charge >= 0.3 is 0 Å². The molecule has 30 heavy (non-hydrogen) atoms. The fraction of sp³-hybridized carbons (Fsp3) is 0.333. The summed E-state index contributed by atoms with van der Waals surface area (Å²) < 4.78 is 16.3. The zero-order valence-corrected chi connectivity index (χ0v) is 17.6. The van der Waals surface area contributed by atoms with E-state index in [4.69, 9.17) is 14.0 Å². The van der Waals surface area contributed by atoms with Crippen LogP contribution in [0.4, 0.5) is 5.69 Å². The number of ether oxygens (including phenoxy) is 2. The van der Waals surface area contributed by atoms with Gasteiger partial charge < -0.3 is 18.9 Å². The molecule has 0 unspecified atom stereocenters. The van der Waals surface area contributed by atoms with Gasteiger partial charge in [-0.25, -0.2) is 0 Å². The minimum Gasteiger partial charge on any atom is -0.497 e. The molecule has 0 radical (unpaired) electrons. The average Bonchev–Trinajstić information content (AvgIpc) is 3.09. The van der Waals surface area contributed by atoms with Gasteiger partial charge in [-0.1, -0.05) is 17.3 Å². The summed E-state index contributed by atoms with van der Waals surface area (Å²) in [5.41, 5.74) is 4.93. The molecule has 0 saturated heterocycles. The second-order valence-corrected chi connectivity index (χ2v) is 7.56. The van der Waals surface area contributed by atoms with Crippen molar-refractivity contribution in [1.29, 1.82) is 0 Å². The van der Waals surface area contributed by atoms with Crippen LogP contribution in [0.2, 0.25) is 0 Å². The molecule has 0 atom stereocenters. The molecule has 1 amide bonds. The first kappa shape index (κ1) is 20.0. The molecular formula is C24H26N2O4. The molecule has 0 saturated carbocycles. The van der Waals surface area contributed by atoms with Crippen LogP contribution < -0.4 is 14.4 Å². The van der Waals surface area contributed by atoms with Crippen LogP contribution in [0.15, 0.2) is 47.0 Å². The van der Waals surface area contributed by atoms with E-state index in [2.05, 4.69) is 5.16 Å². The van der Waals surface area contributed by atoms with Gasteiger partial charge in [0.15, 0.2) is 0 Å². The summed E-state index contributed by atoms with van der Waals surface area (Å²) in [6.07, 6.45) is 2.28. The standard InChI is InChI=1S/C24H26N2O4/c1-16-22(17(2)30-25-16)15-29-20-8-6-18(7-9-20)13-24(27)26-12-4-5-19-14-21(28-3)10-11-23(19)26/h6-11,14H,4-5,12-13,15H2,1-3H3. The number of carbonyl (C=O) groups is 1. The summed E-state index contributed by atoms with van der Waals surface area (Å²) in [4.78, 5) is 14.9. The second-order valence-electron chi connectivity index (χ2n) is 7.56. The maximum atomic E-state index is 13.0. The zero-order valence-electron chi connectivity index (χ0n) is 17.6. The van der Waals surface area contributed by atoms with Crippen LogP contribution in [-0.4, -0.2) is 24.7 Å². The zero-order chi connectivity index (χ0) is 21.1. The number of nitrogens with zero attached hydrogens (tertiary/aromatic N) is 2. The number of benzene rings is 2.